The molecule has 0 radical (unpaired) electrons. The molecule has 1 fully saturated rings. The third-order valence-corrected chi connectivity index (χ3v) is 5.75. The maximum Gasteiger partial charge on any atom is 0.354 e. The molecule has 148 valence electrons. The third kappa shape index (κ3) is 3.16. The van der Waals surface area contributed by atoms with Crippen LogP contribution in [-0.2, 0) is 16.8 Å². The van der Waals surface area contributed by atoms with Crippen molar-refractivity contribution >= 4 is 11.7 Å². The molecule has 7 nitrogen and oxygen atoms in total. The fourth-order valence-corrected chi connectivity index (χ4v) is 4.26. The van der Waals surface area contributed by atoms with Gasteiger partial charge >= 0.3 is 5.97 Å². The Morgan fingerprint density at radius 1 is 1.18 bits per heavy atom. The summed E-state index contributed by atoms with van der Waals surface area (Å²) in [6.07, 6.45) is 4.04. The van der Waals surface area contributed by atoms with Gasteiger partial charge in [0.25, 0.3) is 0 Å². The number of nitrogens with zero attached hydrogens (tertiary/aromatic N) is 2. The highest BCUT2D eigenvalue weighted by Gasteiger charge is 2.41. The van der Waals surface area contributed by atoms with E-state index < -0.39 is 5.97 Å². The number of rotatable bonds is 4. The van der Waals surface area contributed by atoms with Gasteiger partial charge in [-0.3, -0.25) is 0 Å². The largest absolute Gasteiger partial charge is 0.493 e. The highest BCUT2D eigenvalue weighted by Crippen LogP contribution is 2.45. The number of hydrogen-bond acceptors (Lipinski definition) is 6. The molecular formula is C21H24N2O5. The molecule has 0 bridgehead atoms. The van der Waals surface area contributed by atoms with Crippen LogP contribution in [0, 0.1) is 0 Å². The van der Waals surface area contributed by atoms with Gasteiger partial charge in [-0.25, -0.2) is 9.78 Å². The summed E-state index contributed by atoms with van der Waals surface area (Å²) in [5, 5.41) is 9.18. The van der Waals surface area contributed by atoms with E-state index in [1.807, 2.05) is 6.07 Å². The summed E-state index contributed by atoms with van der Waals surface area (Å²) in [6.45, 7) is 2.23. The van der Waals surface area contributed by atoms with Gasteiger partial charge in [0.05, 0.1) is 26.4 Å². The Bertz CT molecular complexity index is 890. The average Bonchev–Trinajstić information content (AvgIpc) is 2.73. The highest BCUT2D eigenvalue weighted by atomic mass is 16.5. The van der Waals surface area contributed by atoms with Gasteiger partial charge in [0.1, 0.15) is 5.69 Å². The van der Waals surface area contributed by atoms with E-state index in [-0.39, 0.29) is 11.3 Å². The van der Waals surface area contributed by atoms with E-state index in [9.17, 15) is 9.90 Å². The molecule has 0 amide bonds. The second kappa shape index (κ2) is 7.31. The number of aromatic nitrogens is 1. The van der Waals surface area contributed by atoms with Gasteiger partial charge in [-0.1, -0.05) is 0 Å². The quantitative estimate of drug-likeness (QED) is 0.868. The zero-order chi connectivity index (χ0) is 19.7. The molecule has 1 aromatic heterocycles. The van der Waals surface area contributed by atoms with Crippen LogP contribution >= 0.6 is 0 Å². The van der Waals surface area contributed by atoms with Crippen LogP contribution in [0.15, 0.2) is 30.5 Å². The van der Waals surface area contributed by atoms with E-state index in [0.29, 0.717) is 12.4 Å². The predicted octanol–water partition coefficient (Wildman–Crippen LogP) is 2.87. The van der Waals surface area contributed by atoms with Crippen molar-refractivity contribution in [3.63, 3.8) is 0 Å². The van der Waals surface area contributed by atoms with E-state index in [0.717, 1.165) is 43.8 Å². The first-order chi connectivity index (χ1) is 13.6. The van der Waals surface area contributed by atoms with Gasteiger partial charge in [-0.2, -0.15) is 0 Å². The number of anilines is 1. The van der Waals surface area contributed by atoms with Crippen molar-refractivity contribution in [2.24, 2.45) is 0 Å². The van der Waals surface area contributed by atoms with Crippen molar-refractivity contribution in [3.05, 3.63) is 47.3 Å². The lowest BCUT2D eigenvalue weighted by atomic mass is 9.79. The monoisotopic (exact) mass is 384 g/mol. The van der Waals surface area contributed by atoms with Crippen LogP contribution in [0.25, 0.3) is 0 Å². The van der Waals surface area contributed by atoms with Crippen LogP contribution in [0.4, 0.5) is 5.69 Å². The number of hydrogen-bond donors (Lipinski definition) is 1. The Hall–Kier alpha value is -2.80. The number of carboxylic acids is 1. The molecule has 3 heterocycles. The van der Waals surface area contributed by atoms with E-state index in [2.05, 4.69) is 22.0 Å². The van der Waals surface area contributed by atoms with E-state index in [1.165, 1.54) is 11.1 Å². The molecule has 2 aromatic rings. The minimum absolute atomic E-state index is 0.0638. The fourth-order valence-electron chi connectivity index (χ4n) is 4.26. The summed E-state index contributed by atoms with van der Waals surface area (Å²) in [5.41, 5.74) is 3.03. The van der Waals surface area contributed by atoms with Gasteiger partial charge in [0.2, 0.25) is 0 Å². The molecule has 4 rings (SSSR count). The first-order valence-electron chi connectivity index (χ1n) is 9.40. The molecule has 0 unspecified atom stereocenters. The number of methoxy groups -OCH3 is 2. The molecule has 1 N–H and O–H groups in total. The average molecular weight is 384 g/mol. The summed E-state index contributed by atoms with van der Waals surface area (Å²) in [7, 11) is 3.30. The molecule has 28 heavy (non-hydrogen) atoms. The third-order valence-electron chi connectivity index (χ3n) is 5.75. The zero-order valence-electron chi connectivity index (χ0n) is 16.1. The minimum Gasteiger partial charge on any atom is -0.493 e. The number of fused-ring (bicyclic) bond motifs is 2. The van der Waals surface area contributed by atoms with Crippen LogP contribution in [0.2, 0.25) is 0 Å². The van der Waals surface area contributed by atoms with Gasteiger partial charge in [-0.05, 0) is 54.7 Å². The van der Waals surface area contributed by atoms with Crippen LogP contribution in [0.5, 0.6) is 11.5 Å². The summed E-state index contributed by atoms with van der Waals surface area (Å²) in [6, 6.07) is 7.60. The van der Waals surface area contributed by atoms with Crippen molar-refractivity contribution in [1.82, 2.24) is 4.98 Å². The van der Waals surface area contributed by atoms with Crippen LogP contribution in [-0.4, -0.2) is 50.0 Å². The first kappa shape index (κ1) is 18.6. The van der Waals surface area contributed by atoms with E-state index in [1.54, 1.807) is 26.5 Å². The summed E-state index contributed by atoms with van der Waals surface area (Å²) < 4.78 is 17.3. The SMILES string of the molecule is COc1cc2c(cc1OC)C1(CCN(c3ccnc(C(=O)O)c3)CC1)OCC2. The molecule has 2 aliphatic rings. The Balaban J connectivity index is 1.60. The molecule has 1 spiro atoms. The van der Waals surface area contributed by atoms with E-state index >= 15 is 0 Å². The standard InChI is InChI=1S/C21H24N2O5/c1-26-18-11-14-4-10-28-21(16(14)13-19(18)27-2)5-8-23(9-6-21)15-3-7-22-17(12-15)20(24)25/h3,7,11-13H,4-6,8-10H2,1-2H3,(H,24,25). The lowest BCUT2D eigenvalue weighted by Crippen LogP contribution is -2.46. The molecule has 0 atom stereocenters. The van der Waals surface area contributed by atoms with Gasteiger partial charge in [0.15, 0.2) is 11.5 Å². The molecule has 0 aliphatic carbocycles. The van der Waals surface area contributed by atoms with E-state index in [4.69, 9.17) is 14.2 Å². The lowest BCUT2D eigenvalue weighted by molar-refractivity contribution is -0.0768. The van der Waals surface area contributed by atoms with Crippen LogP contribution in [0.1, 0.15) is 34.5 Å². The molecule has 1 aromatic carbocycles. The normalized spacial score (nSPS) is 17.9. The highest BCUT2D eigenvalue weighted by molar-refractivity contribution is 5.86. The van der Waals surface area contributed by atoms with Crippen LogP contribution in [0.3, 0.4) is 0 Å². The number of ether oxygens (including phenoxy) is 3. The van der Waals surface area contributed by atoms with Gasteiger partial charge < -0.3 is 24.2 Å². The summed E-state index contributed by atoms with van der Waals surface area (Å²) >= 11 is 0. The molecular weight excluding hydrogens is 360 g/mol. The molecule has 7 heteroatoms. The van der Waals surface area contributed by atoms with Gasteiger partial charge in [0, 0.05) is 25.0 Å². The maximum atomic E-state index is 11.2. The summed E-state index contributed by atoms with van der Waals surface area (Å²) in [5.74, 6) is 0.448. The van der Waals surface area contributed by atoms with Crippen LogP contribution < -0.4 is 14.4 Å². The molecule has 2 aliphatic heterocycles. The zero-order valence-corrected chi connectivity index (χ0v) is 16.1. The number of benzene rings is 1. The van der Waals surface area contributed by atoms with Crippen molar-refractivity contribution in [2.75, 3.05) is 38.8 Å². The second-order valence-electron chi connectivity index (χ2n) is 7.15. The number of carboxylic acid groups (broad SMARTS) is 1. The number of piperidine rings is 1. The molecule has 0 saturated carbocycles. The molecule has 1 saturated heterocycles. The van der Waals surface area contributed by atoms with Gasteiger partial charge in [-0.15, -0.1) is 0 Å². The van der Waals surface area contributed by atoms with Crippen molar-refractivity contribution in [2.45, 2.75) is 24.9 Å². The number of aromatic carboxylic acids is 1. The Morgan fingerprint density at radius 2 is 1.89 bits per heavy atom. The van der Waals surface area contributed by atoms with Crippen molar-refractivity contribution in [1.29, 1.82) is 0 Å². The fraction of sp³-hybridized carbons (Fsp3) is 0.429. The van der Waals surface area contributed by atoms with Crippen molar-refractivity contribution in [3.8, 4) is 11.5 Å². The lowest BCUT2D eigenvalue weighted by Gasteiger charge is -2.45. The Kier molecular flexibility index (Phi) is 4.85. The Morgan fingerprint density at radius 3 is 2.57 bits per heavy atom. The second-order valence-corrected chi connectivity index (χ2v) is 7.15. The Labute approximate surface area is 163 Å². The maximum absolute atomic E-state index is 11.2. The smallest absolute Gasteiger partial charge is 0.354 e. The van der Waals surface area contributed by atoms with Crippen molar-refractivity contribution < 1.29 is 24.1 Å². The number of pyridine rings is 1. The topological polar surface area (TPSA) is 81.1 Å². The predicted molar refractivity (Wildman–Crippen MR) is 104 cm³/mol. The minimum atomic E-state index is -1.01. The summed E-state index contributed by atoms with van der Waals surface area (Å²) in [4.78, 5) is 17.3. The number of carbonyl (C=O) groups is 1. The first-order valence-corrected chi connectivity index (χ1v) is 9.40.